The molecular weight excluding hydrogens is 487 g/mol. The maximum absolute atomic E-state index is 14.0. The van der Waals surface area contributed by atoms with Crippen molar-refractivity contribution in [3.05, 3.63) is 83.2 Å². The quantitative estimate of drug-likeness (QED) is 0.299. The molecule has 0 fully saturated rings. The number of hydrogen-bond acceptors (Lipinski definition) is 3. The number of hydrogen-bond donors (Lipinski definition) is 2. The Morgan fingerprint density at radius 1 is 0.917 bits per heavy atom. The lowest BCUT2D eigenvalue weighted by molar-refractivity contribution is -0.137. The number of sulfonamides is 1. The minimum absolute atomic E-state index is 0.0321. The lowest BCUT2D eigenvalue weighted by atomic mass is 9.87. The molecule has 0 unspecified atom stereocenters. The lowest BCUT2D eigenvalue weighted by Crippen LogP contribution is -2.12. The van der Waals surface area contributed by atoms with Gasteiger partial charge in [-0.2, -0.15) is 13.2 Å². The van der Waals surface area contributed by atoms with Crippen LogP contribution >= 0.6 is 0 Å². The standard InChI is InChI=1S/C27H26F3N3O2S/c1-26(2,3)18-12-9-17(10-13-18)11-14-25-31-23-15-20(21(27(28,29)30)16-24(23)32-25)19-7-5-6-8-22(19)33-36(4,34)35/h5-16,33H,1-4H3,(H,31,32)/b14-11+. The van der Waals surface area contributed by atoms with Gasteiger partial charge < -0.3 is 4.98 Å². The fourth-order valence-corrected chi connectivity index (χ4v) is 4.47. The van der Waals surface area contributed by atoms with Gasteiger partial charge in [0.2, 0.25) is 10.0 Å². The summed E-state index contributed by atoms with van der Waals surface area (Å²) in [6.45, 7) is 6.39. The Morgan fingerprint density at radius 3 is 2.19 bits per heavy atom. The van der Waals surface area contributed by atoms with Crippen LogP contribution < -0.4 is 4.72 Å². The summed E-state index contributed by atoms with van der Waals surface area (Å²) in [6.07, 6.45) is -0.183. The van der Waals surface area contributed by atoms with Crippen molar-refractivity contribution in [3.8, 4) is 11.1 Å². The molecule has 4 aromatic rings. The number of halogens is 3. The Hall–Kier alpha value is -3.59. The van der Waals surface area contributed by atoms with Gasteiger partial charge in [0, 0.05) is 5.56 Å². The SMILES string of the molecule is CC(C)(C)c1ccc(/C=C/c2nc3cc(-c4ccccc4NS(C)(=O)=O)c(C(F)(F)F)cc3[nH]2)cc1. The second-order valence-corrected chi connectivity index (χ2v) is 11.4. The van der Waals surface area contributed by atoms with E-state index < -0.39 is 21.8 Å². The molecule has 0 radical (unpaired) electrons. The highest BCUT2D eigenvalue weighted by Gasteiger charge is 2.35. The molecule has 36 heavy (non-hydrogen) atoms. The Bertz CT molecular complexity index is 1550. The van der Waals surface area contributed by atoms with Crippen LogP contribution in [0.15, 0.2) is 60.7 Å². The van der Waals surface area contributed by atoms with Gasteiger partial charge in [-0.1, -0.05) is 69.3 Å². The molecule has 0 aliphatic heterocycles. The van der Waals surface area contributed by atoms with E-state index in [0.29, 0.717) is 11.3 Å². The van der Waals surface area contributed by atoms with E-state index in [1.807, 2.05) is 30.3 Å². The van der Waals surface area contributed by atoms with Gasteiger partial charge in [-0.25, -0.2) is 13.4 Å². The molecule has 2 N–H and O–H groups in total. The molecule has 0 bridgehead atoms. The van der Waals surface area contributed by atoms with Crippen LogP contribution in [-0.2, 0) is 21.6 Å². The maximum atomic E-state index is 14.0. The highest BCUT2D eigenvalue weighted by molar-refractivity contribution is 7.92. The molecule has 0 amide bonds. The zero-order valence-electron chi connectivity index (χ0n) is 20.2. The number of nitrogens with one attached hydrogen (secondary N) is 2. The number of aromatic nitrogens is 2. The molecule has 0 saturated heterocycles. The van der Waals surface area contributed by atoms with Gasteiger partial charge in [-0.05, 0) is 46.4 Å². The highest BCUT2D eigenvalue weighted by atomic mass is 32.2. The molecule has 0 saturated carbocycles. The van der Waals surface area contributed by atoms with Gasteiger partial charge in [0.1, 0.15) is 5.82 Å². The summed E-state index contributed by atoms with van der Waals surface area (Å²) in [7, 11) is -3.70. The number of H-pyrrole nitrogens is 1. The minimum Gasteiger partial charge on any atom is -0.338 e. The zero-order chi connectivity index (χ0) is 26.3. The number of nitrogens with zero attached hydrogens (tertiary/aromatic N) is 1. The number of aromatic amines is 1. The first-order valence-electron chi connectivity index (χ1n) is 11.2. The first kappa shape index (κ1) is 25.5. The number of alkyl halides is 3. The smallest absolute Gasteiger partial charge is 0.338 e. The fraction of sp³-hybridized carbons (Fsp3) is 0.222. The summed E-state index contributed by atoms with van der Waals surface area (Å²) in [5.41, 5.74) is 1.82. The van der Waals surface area contributed by atoms with E-state index in [-0.39, 0.29) is 27.7 Å². The molecule has 3 aromatic carbocycles. The van der Waals surface area contributed by atoms with E-state index in [2.05, 4.69) is 35.5 Å². The summed E-state index contributed by atoms with van der Waals surface area (Å²) in [4.78, 5) is 7.39. The van der Waals surface area contributed by atoms with E-state index in [0.717, 1.165) is 17.9 Å². The van der Waals surface area contributed by atoms with Crippen molar-refractivity contribution in [1.82, 2.24) is 9.97 Å². The molecule has 1 heterocycles. The monoisotopic (exact) mass is 513 g/mol. The molecule has 9 heteroatoms. The molecule has 0 spiro atoms. The number of rotatable bonds is 5. The molecule has 4 rings (SSSR count). The van der Waals surface area contributed by atoms with Crippen molar-refractivity contribution >= 4 is 38.9 Å². The summed E-state index contributed by atoms with van der Waals surface area (Å²) >= 11 is 0. The Balaban J connectivity index is 1.76. The van der Waals surface area contributed by atoms with Crippen LogP contribution in [0.1, 0.15) is 43.3 Å². The predicted molar refractivity (Wildman–Crippen MR) is 139 cm³/mol. The molecular formula is C27H26F3N3O2S. The van der Waals surface area contributed by atoms with Gasteiger partial charge in [0.15, 0.2) is 0 Å². The Labute approximate surface area is 208 Å². The van der Waals surface area contributed by atoms with Crippen molar-refractivity contribution < 1.29 is 21.6 Å². The number of anilines is 1. The van der Waals surface area contributed by atoms with Crippen LogP contribution in [-0.4, -0.2) is 24.6 Å². The van der Waals surface area contributed by atoms with Gasteiger partial charge in [0.25, 0.3) is 0 Å². The van der Waals surface area contributed by atoms with Crippen molar-refractivity contribution in [2.75, 3.05) is 11.0 Å². The van der Waals surface area contributed by atoms with Crippen LogP contribution in [0.3, 0.4) is 0 Å². The Morgan fingerprint density at radius 2 is 1.58 bits per heavy atom. The molecule has 0 atom stereocenters. The van der Waals surface area contributed by atoms with Crippen LogP contribution in [0, 0.1) is 0 Å². The van der Waals surface area contributed by atoms with E-state index in [1.54, 1.807) is 18.2 Å². The second kappa shape index (κ2) is 9.13. The minimum atomic E-state index is -4.67. The molecule has 188 valence electrons. The summed E-state index contributed by atoms with van der Waals surface area (Å²) in [5.74, 6) is 0.401. The summed E-state index contributed by atoms with van der Waals surface area (Å²) in [6, 6.07) is 16.3. The Kier molecular flexibility index (Phi) is 6.47. The lowest BCUT2D eigenvalue weighted by Gasteiger charge is -2.18. The molecule has 0 aliphatic rings. The molecule has 0 aliphatic carbocycles. The first-order valence-corrected chi connectivity index (χ1v) is 13.1. The number of benzene rings is 3. The average Bonchev–Trinajstić information content (AvgIpc) is 3.17. The van der Waals surface area contributed by atoms with E-state index in [4.69, 9.17) is 0 Å². The van der Waals surface area contributed by atoms with E-state index >= 15 is 0 Å². The van der Waals surface area contributed by atoms with Crippen molar-refractivity contribution in [2.45, 2.75) is 32.4 Å². The summed E-state index contributed by atoms with van der Waals surface area (Å²) < 4.78 is 68.0. The number of fused-ring (bicyclic) bond motifs is 1. The van der Waals surface area contributed by atoms with Gasteiger partial charge in [-0.3, -0.25) is 4.72 Å². The van der Waals surface area contributed by atoms with E-state index in [1.165, 1.54) is 23.8 Å². The molecule has 5 nitrogen and oxygen atoms in total. The largest absolute Gasteiger partial charge is 0.417 e. The second-order valence-electron chi connectivity index (χ2n) is 9.66. The van der Waals surface area contributed by atoms with Gasteiger partial charge in [0.05, 0.1) is 28.5 Å². The predicted octanol–water partition coefficient (Wildman–Crippen LogP) is 7.09. The van der Waals surface area contributed by atoms with Crippen LogP contribution in [0.5, 0.6) is 0 Å². The first-order chi connectivity index (χ1) is 16.7. The van der Waals surface area contributed by atoms with Crippen LogP contribution in [0.4, 0.5) is 18.9 Å². The third-order valence-corrected chi connectivity index (χ3v) is 6.26. The van der Waals surface area contributed by atoms with Gasteiger partial charge >= 0.3 is 6.18 Å². The topological polar surface area (TPSA) is 74.8 Å². The number of imidazole rings is 1. The summed E-state index contributed by atoms with van der Waals surface area (Å²) in [5, 5.41) is 0. The maximum Gasteiger partial charge on any atom is 0.417 e. The van der Waals surface area contributed by atoms with E-state index in [9.17, 15) is 21.6 Å². The third-order valence-electron chi connectivity index (χ3n) is 5.67. The average molecular weight is 514 g/mol. The van der Waals surface area contributed by atoms with Crippen molar-refractivity contribution in [1.29, 1.82) is 0 Å². The highest BCUT2D eigenvalue weighted by Crippen LogP contribution is 2.41. The van der Waals surface area contributed by atoms with Gasteiger partial charge in [-0.15, -0.1) is 0 Å². The van der Waals surface area contributed by atoms with Crippen LogP contribution in [0.2, 0.25) is 0 Å². The van der Waals surface area contributed by atoms with Crippen LogP contribution in [0.25, 0.3) is 34.3 Å². The third kappa shape index (κ3) is 5.79. The number of para-hydroxylation sites is 1. The fourth-order valence-electron chi connectivity index (χ4n) is 3.89. The van der Waals surface area contributed by atoms with Crippen molar-refractivity contribution in [2.24, 2.45) is 0 Å². The zero-order valence-corrected chi connectivity index (χ0v) is 21.1. The molecule has 1 aromatic heterocycles. The van der Waals surface area contributed by atoms with Crippen molar-refractivity contribution in [3.63, 3.8) is 0 Å². The normalized spacial score (nSPS) is 13.0.